The molecule has 0 unspecified atom stereocenters. The molecule has 0 spiro atoms. The molecule has 0 aliphatic carbocycles. The highest BCUT2D eigenvalue weighted by Gasteiger charge is 1.76. The van der Waals surface area contributed by atoms with Crippen molar-refractivity contribution in [1.82, 2.24) is 6.15 Å². The van der Waals surface area contributed by atoms with Crippen molar-refractivity contribution in [2.75, 3.05) is 13.6 Å². The van der Waals surface area contributed by atoms with Gasteiger partial charge in [0.1, 0.15) is 6.54 Å². The molecule has 68 valence electrons. The van der Waals surface area contributed by atoms with Crippen molar-refractivity contribution in [1.29, 1.82) is 0 Å². The quantitative estimate of drug-likeness (QED) is 0.333. The Kier molecular flexibility index (Phi) is 16.9. The van der Waals surface area contributed by atoms with E-state index in [4.69, 9.17) is 15.3 Å². The molecule has 8 nitrogen and oxygen atoms in total. The van der Waals surface area contributed by atoms with Crippen molar-refractivity contribution >= 4 is 5.97 Å². The van der Waals surface area contributed by atoms with Gasteiger partial charge in [-0.25, -0.2) is 0 Å². The first-order valence-corrected chi connectivity index (χ1v) is 2.30. The molecule has 0 saturated heterocycles. The number of carboxylic acid groups (broad SMARTS) is 1. The fraction of sp³-hybridized carbons (Fsp3) is 0.667. The van der Waals surface area contributed by atoms with Crippen molar-refractivity contribution < 1.29 is 20.3 Å². The van der Waals surface area contributed by atoms with Gasteiger partial charge in [0.05, 0.1) is 18.1 Å². The topological polar surface area (TPSA) is 159 Å². The van der Waals surface area contributed by atoms with Crippen LogP contribution in [0.25, 0.3) is 0 Å². The molecule has 0 aliphatic heterocycles. The summed E-state index contributed by atoms with van der Waals surface area (Å²) in [5.41, 5.74) is 0. The number of likely N-dealkylation sites (N-methyl/N-ethyl adjacent to an activating group) is 1. The zero-order chi connectivity index (χ0) is 8.57. The summed E-state index contributed by atoms with van der Waals surface area (Å²) in [6, 6.07) is 0. The molecule has 0 aromatic carbocycles. The SMILES string of the molecule is C[NH2+]CC(=O)[O-].O=[N+]([O-])[O-].[NH4+]. The average molecular weight is 169 g/mol. The molecule has 0 heterocycles. The van der Waals surface area contributed by atoms with Gasteiger partial charge in [-0.2, -0.15) is 0 Å². The van der Waals surface area contributed by atoms with Gasteiger partial charge in [-0.1, -0.05) is 0 Å². The van der Waals surface area contributed by atoms with Crippen LogP contribution in [-0.4, -0.2) is 24.6 Å². The van der Waals surface area contributed by atoms with Crippen LogP contribution in [0, 0.1) is 15.3 Å². The lowest BCUT2D eigenvalue weighted by atomic mass is 10.7. The van der Waals surface area contributed by atoms with E-state index in [1.165, 1.54) is 5.32 Å². The first kappa shape index (κ1) is 16.3. The number of nitrogens with zero attached hydrogens (tertiary/aromatic N) is 1. The van der Waals surface area contributed by atoms with Crippen LogP contribution in [0.15, 0.2) is 0 Å². The second-order valence-corrected chi connectivity index (χ2v) is 1.21. The molecule has 0 saturated carbocycles. The summed E-state index contributed by atoms with van der Waals surface area (Å²) < 4.78 is 0. The largest absolute Gasteiger partial charge is 0.544 e. The summed E-state index contributed by atoms with van der Waals surface area (Å²) in [5, 5.41) is 25.7. The molecule has 0 atom stereocenters. The van der Waals surface area contributed by atoms with Gasteiger partial charge in [-0.05, 0) is 0 Å². The predicted molar refractivity (Wildman–Crippen MR) is 34.1 cm³/mol. The normalized spacial score (nSPS) is 6.64. The van der Waals surface area contributed by atoms with Crippen molar-refractivity contribution in [2.24, 2.45) is 0 Å². The van der Waals surface area contributed by atoms with Crippen molar-refractivity contribution in [3.63, 3.8) is 0 Å². The highest BCUT2D eigenvalue weighted by molar-refractivity contribution is 5.64. The smallest absolute Gasteiger partial charge is 0.116 e. The minimum atomic E-state index is -1.75. The Morgan fingerprint density at radius 2 is 1.82 bits per heavy atom. The van der Waals surface area contributed by atoms with E-state index in [0.717, 1.165) is 0 Å². The summed E-state index contributed by atoms with van der Waals surface area (Å²) in [4.78, 5) is 17.7. The Morgan fingerprint density at radius 3 is 1.82 bits per heavy atom. The van der Waals surface area contributed by atoms with Gasteiger partial charge < -0.3 is 36.7 Å². The molecule has 0 aromatic heterocycles. The molecule has 0 rings (SSSR count). The highest BCUT2D eigenvalue weighted by atomic mass is 16.9. The van der Waals surface area contributed by atoms with Crippen LogP contribution in [0.2, 0.25) is 0 Å². The summed E-state index contributed by atoms with van der Waals surface area (Å²) in [6.07, 6.45) is 0. The van der Waals surface area contributed by atoms with Gasteiger partial charge in [0, 0.05) is 0 Å². The zero-order valence-electron chi connectivity index (χ0n) is 6.27. The maximum absolute atomic E-state index is 9.46. The van der Waals surface area contributed by atoms with E-state index in [-0.39, 0.29) is 12.7 Å². The Hall–Kier alpha value is -1.41. The Balaban J connectivity index is -0.000000114. The molecule has 0 aromatic rings. The number of carbonyl (C=O) groups is 1. The number of hydrogen-bond donors (Lipinski definition) is 2. The molecule has 0 fully saturated rings. The van der Waals surface area contributed by atoms with Crippen LogP contribution in [0.1, 0.15) is 0 Å². The molecule has 0 radical (unpaired) electrons. The van der Waals surface area contributed by atoms with Crippen molar-refractivity contribution in [3.05, 3.63) is 15.3 Å². The third-order valence-electron chi connectivity index (χ3n) is 0.371. The predicted octanol–water partition coefficient (Wildman–Crippen LogP) is -2.93. The van der Waals surface area contributed by atoms with E-state index in [0.29, 0.717) is 0 Å². The van der Waals surface area contributed by atoms with Crippen LogP contribution < -0.4 is 16.6 Å². The van der Waals surface area contributed by atoms with Gasteiger partial charge >= 0.3 is 0 Å². The summed E-state index contributed by atoms with van der Waals surface area (Å²) >= 11 is 0. The highest BCUT2D eigenvalue weighted by Crippen LogP contribution is 1.44. The number of rotatable bonds is 2. The lowest BCUT2D eigenvalue weighted by Crippen LogP contribution is -2.82. The number of carboxylic acids is 1. The molecule has 0 aliphatic rings. The van der Waals surface area contributed by atoms with E-state index in [1.807, 2.05) is 0 Å². The van der Waals surface area contributed by atoms with Gasteiger partial charge in [-0.3, -0.25) is 0 Å². The zero-order valence-corrected chi connectivity index (χ0v) is 6.27. The number of quaternary nitrogens is 2. The van der Waals surface area contributed by atoms with Gasteiger partial charge in [0.25, 0.3) is 0 Å². The Labute approximate surface area is 62.5 Å². The lowest BCUT2D eigenvalue weighted by molar-refractivity contribution is -0.622. The second kappa shape index (κ2) is 11.4. The minimum Gasteiger partial charge on any atom is -0.544 e. The van der Waals surface area contributed by atoms with Crippen LogP contribution in [-0.2, 0) is 4.79 Å². The monoisotopic (exact) mass is 169 g/mol. The van der Waals surface area contributed by atoms with Crippen molar-refractivity contribution in [3.8, 4) is 0 Å². The standard InChI is InChI=1S/C3H7NO2.NO3.H3N/c1-4-2-3(5)6;2-1(3)4;/h4H,2H2,1H3,(H,5,6);;1H3/q;-1;/p+1. The Morgan fingerprint density at radius 1 is 1.55 bits per heavy atom. The molecule has 0 bridgehead atoms. The van der Waals surface area contributed by atoms with E-state index in [1.54, 1.807) is 7.05 Å². The molecular weight excluding hydrogens is 158 g/mol. The number of aliphatic carboxylic acids is 1. The molecule has 8 heteroatoms. The lowest BCUT2D eigenvalue weighted by Gasteiger charge is -1.91. The molecule has 0 amide bonds. The van der Waals surface area contributed by atoms with E-state index >= 15 is 0 Å². The Bertz CT molecular complexity index is 112. The molecule has 11 heavy (non-hydrogen) atoms. The van der Waals surface area contributed by atoms with Crippen molar-refractivity contribution in [2.45, 2.75) is 0 Å². The maximum Gasteiger partial charge on any atom is 0.116 e. The van der Waals surface area contributed by atoms with Crippen LogP contribution in [0.4, 0.5) is 0 Å². The van der Waals surface area contributed by atoms with E-state index < -0.39 is 11.1 Å². The third kappa shape index (κ3) is 148. The summed E-state index contributed by atoms with van der Waals surface area (Å²) in [6.45, 7) is 0.0556. The van der Waals surface area contributed by atoms with Crippen LogP contribution in [0.5, 0.6) is 0 Å². The van der Waals surface area contributed by atoms with Gasteiger partial charge in [0.2, 0.25) is 0 Å². The minimum absolute atomic E-state index is 0. The number of carbonyl (C=O) groups excluding carboxylic acids is 1. The summed E-state index contributed by atoms with van der Waals surface area (Å²) in [7, 11) is 1.68. The third-order valence-corrected chi connectivity index (χ3v) is 0.371. The maximum atomic E-state index is 9.46. The van der Waals surface area contributed by atoms with Gasteiger partial charge in [-0.15, -0.1) is 0 Å². The van der Waals surface area contributed by atoms with Gasteiger partial charge in [0.15, 0.2) is 0 Å². The van der Waals surface area contributed by atoms with E-state index in [2.05, 4.69) is 0 Å². The molecule has 6 N–H and O–H groups in total. The first-order chi connectivity index (χ1) is 4.50. The fourth-order valence-corrected chi connectivity index (χ4v) is 0.167. The van der Waals surface area contributed by atoms with Crippen LogP contribution in [0.3, 0.4) is 0 Å². The molecular formula is C3H11N3O5. The fourth-order valence-electron chi connectivity index (χ4n) is 0.167. The van der Waals surface area contributed by atoms with Crippen LogP contribution >= 0.6 is 0 Å². The number of hydrogen-bond acceptors (Lipinski definition) is 5. The van der Waals surface area contributed by atoms with E-state index in [9.17, 15) is 9.90 Å². The second-order valence-electron chi connectivity index (χ2n) is 1.21. The number of nitrogens with two attached hydrogens (primary N) is 1. The average Bonchev–Trinajstić information content (AvgIpc) is 1.62. The summed E-state index contributed by atoms with van der Waals surface area (Å²) in [5.74, 6) is -1.02. The first-order valence-electron chi connectivity index (χ1n) is 2.30.